The van der Waals surface area contributed by atoms with Crippen LogP contribution >= 0.6 is 11.3 Å². The minimum atomic E-state index is -0.252. The number of hydrogen-bond acceptors (Lipinski definition) is 5. The Bertz CT molecular complexity index is 1230. The van der Waals surface area contributed by atoms with Crippen LogP contribution in [0, 0.1) is 11.8 Å². The van der Waals surface area contributed by atoms with Crippen molar-refractivity contribution < 1.29 is 9.53 Å². The summed E-state index contributed by atoms with van der Waals surface area (Å²) in [4.78, 5) is 31.3. The number of aromatic amines is 1. The second-order valence-corrected chi connectivity index (χ2v) is 11.9. The summed E-state index contributed by atoms with van der Waals surface area (Å²) in [6.45, 7) is 23.6. The second-order valence-electron chi connectivity index (χ2n) is 11.0. The van der Waals surface area contributed by atoms with Gasteiger partial charge >= 0.3 is 0 Å². The SMILES string of the molecule is C=C\C=C/C(=C(\C)CCC)C(=C\C)/c1csc(-c2cc(C(C)=O)c[nH]c2=O)n1.CCC.CCCC(C)CC(CC)COC. The number of carbonyl (C=O) groups is 1. The maximum Gasteiger partial charge on any atom is 0.258 e. The van der Waals surface area contributed by atoms with E-state index in [0.29, 0.717) is 16.1 Å². The smallest absolute Gasteiger partial charge is 0.258 e. The van der Waals surface area contributed by atoms with E-state index < -0.39 is 0 Å². The molecule has 0 amide bonds. The Morgan fingerprint density at radius 2 is 1.84 bits per heavy atom. The molecule has 43 heavy (non-hydrogen) atoms. The molecule has 2 heterocycles. The molecule has 0 aliphatic heterocycles. The van der Waals surface area contributed by atoms with E-state index >= 15 is 0 Å². The van der Waals surface area contributed by atoms with Gasteiger partial charge in [-0.1, -0.05) is 110 Å². The number of methoxy groups -OCH3 is 1. The number of Topliss-reactive ketones (excluding diaryl/α,β-unsaturated/α-hetero) is 1. The maximum atomic E-state index is 12.3. The Morgan fingerprint density at radius 3 is 2.35 bits per heavy atom. The van der Waals surface area contributed by atoms with Crippen LogP contribution in [0.15, 0.2) is 64.5 Å². The van der Waals surface area contributed by atoms with Crippen molar-refractivity contribution in [3.63, 3.8) is 0 Å². The van der Waals surface area contributed by atoms with Crippen LogP contribution < -0.4 is 5.56 Å². The van der Waals surface area contributed by atoms with E-state index in [4.69, 9.17) is 9.72 Å². The number of H-pyrrole nitrogens is 1. The van der Waals surface area contributed by atoms with E-state index in [2.05, 4.69) is 66.1 Å². The van der Waals surface area contributed by atoms with Crippen molar-refractivity contribution in [3.8, 4) is 10.6 Å². The quantitative estimate of drug-likeness (QED) is 0.161. The summed E-state index contributed by atoms with van der Waals surface area (Å²) < 4.78 is 5.17. The number of thiazole rings is 1. The lowest BCUT2D eigenvalue weighted by Gasteiger charge is -2.18. The van der Waals surface area contributed by atoms with Crippen LogP contribution in [-0.4, -0.2) is 29.5 Å². The van der Waals surface area contributed by atoms with Gasteiger partial charge in [-0.05, 0) is 57.1 Å². The Labute approximate surface area is 266 Å². The fraction of sp³-hybridized carbons (Fsp3) is 0.541. The molecular weight excluding hydrogens is 552 g/mol. The molecule has 0 aliphatic carbocycles. The number of ether oxygens (including phenoxy) is 1. The number of nitrogens with zero attached hydrogens (tertiary/aromatic N) is 1. The molecule has 240 valence electrons. The summed E-state index contributed by atoms with van der Waals surface area (Å²) in [5.41, 5.74) is 4.85. The highest BCUT2D eigenvalue weighted by atomic mass is 32.1. The van der Waals surface area contributed by atoms with Crippen molar-refractivity contribution in [3.05, 3.63) is 81.3 Å². The average molecular weight is 611 g/mol. The molecule has 0 aliphatic rings. The predicted molar refractivity (Wildman–Crippen MR) is 189 cm³/mol. The van der Waals surface area contributed by atoms with Gasteiger partial charge in [0.15, 0.2) is 5.78 Å². The topological polar surface area (TPSA) is 72.0 Å². The van der Waals surface area contributed by atoms with E-state index in [1.54, 1.807) is 19.3 Å². The summed E-state index contributed by atoms with van der Waals surface area (Å²) in [7, 11) is 1.80. The summed E-state index contributed by atoms with van der Waals surface area (Å²) >= 11 is 1.40. The van der Waals surface area contributed by atoms with E-state index in [9.17, 15) is 9.59 Å². The van der Waals surface area contributed by atoms with Gasteiger partial charge in [-0.3, -0.25) is 9.59 Å². The number of nitrogens with one attached hydrogen (secondary N) is 1. The Morgan fingerprint density at radius 1 is 1.16 bits per heavy atom. The minimum Gasteiger partial charge on any atom is -0.384 e. The zero-order valence-electron chi connectivity index (χ0n) is 28.6. The van der Waals surface area contributed by atoms with E-state index in [-0.39, 0.29) is 11.3 Å². The molecule has 0 spiro atoms. The molecule has 0 fully saturated rings. The minimum absolute atomic E-state index is 0.0987. The zero-order valence-corrected chi connectivity index (χ0v) is 29.5. The molecule has 0 radical (unpaired) electrons. The standard InChI is InChI=1S/C23H26N2O2S.C11H24O.C3H8/c1-6-9-11-19(15(4)10-7-2)18(8-3)21-14-28-23(25-21)20-12-17(16(5)26)13-24-22(20)27;1-5-7-10(3)8-11(6-2)9-12-4;1-3-2/h6,8-9,11-14H,1,7,10H2,2-5H3,(H,24,27);10-11H,5-9H2,1-4H3;3H2,1-2H3/b11-9-,18-8+,19-15-;;. The average Bonchev–Trinajstić information content (AvgIpc) is 3.45. The number of rotatable bonds is 15. The molecule has 0 aromatic carbocycles. The maximum absolute atomic E-state index is 12.3. The van der Waals surface area contributed by atoms with Gasteiger partial charge in [-0.2, -0.15) is 0 Å². The Balaban J connectivity index is 0.000000982. The monoisotopic (exact) mass is 610 g/mol. The first kappa shape index (κ1) is 40.2. The van der Waals surface area contributed by atoms with E-state index in [1.165, 1.54) is 62.1 Å². The fourth-order valence-corrected chi connectivity index (χ4v) is 5.54. The lowest BCUT2D eigenvalue weighted by Crippen LogP contribution is -2.11. The summed E-state index contributed by atoms with van der Waals surface area (Å²) in [5, 5.41) is 2.55. The molecule has 2 atom stereocenters. The number of aromatic nitrogens is 2. The third-order valence-corrected chi connectivity index (χ3v) is 7.76. The van der Waals surface area contributed by atoms with Gasteiger partial charge in [-0.15, -0.1) is 11.3 Å². The normalized spacial score (nSPS) is 13.3. The highest BCUT2D eigenvalue weighted by molar-refractivity contribution is 7.13. The van der Waals surface area contributed by atoms with Crippen LogP contribution in [0.3, 0.4) is 0 Å². The summed E-state index contributed by atoms with van der Waals surface area (Å²) in [5.74, 6) is 1.55. The lowest BCUT2D eigenvalue weighted by molar-refractivity contribution is 0.101. The van der Waals surface area contributed by atoms with Crippen LogP contribution in [0.1, 0.15) is 123 Å². The molecule has 2 aromatic rings. The summed E-state index contributed by atoms with van der Waals surface area (Å²) in [6.07, 6.45) is 17.8. The molecule has 0 saturated heterocycles. The van der Waals surface area contributed by atoms with Crippen molar-refractivity contribution in [2.24, 2.45) is 11.8 Å². The Hall–Kier alpha value is -2.83. The van der Waals surface area contributed by atoms with Crippen molar-refractivity contribution in [1.82, 2.24) is 9.97 Å². The van der Waals surface area contributed by atoms with Gasteiger partial charge in [0, 0.05) is 36.4 Å². The van der Waals surface area contributed by atoms with Gasteiger partial charge < -0.3 is 9.72 Å². The first-order valence-electron chi connectivity index (χ1n) is 15.9. The van der Waals surface area contributed by atoms with Gasteiger partial charge in [0.05, 0.1) is 11.3 Å². The molecule has 1 N–H and O–H groups in total. The van der Waals surface area contributed by atoms with Crippen molar-refractivity contribution in [1.29, 1.82) is 0 Å². The largest absolute Gasteiger partial charge is 0.384 e. The molecule has 2 rings (SSSR count). The first-order valence-corrected chi connectivity index (χ1v) is 16.8. The highest BCUT2D eigenvalue weighted by Crippen LogP contribution is 2.32. The third-order valence-electron chi connectivity index (χ3n) is 6.88. The summed E-state index contributed by atoms with van der Waals surface area (Å²) in [6, 6.07) is 1.61. The van der Waals surface area contributed by atoms with Crippen LogP contribution in [0.25, 0.3) is 16.1 Å². The second kappa shape index (κ2) is 23.6. The van der Waals surface area contributed by atoms with Crippen molar-refractivity contribution >= 4 is 22.7 Å². The molecular formula is C37H58N2O3S. The molecule has 0 saturated carbocycles. The molecule has 2 aromatic heterocycles. The van der Waals surface area contributed by atoms with Crippen molar-refractivity contribution in [2.75, 3.05) is 13.7 Å². The van der Waals surface area contributed by atoms with Crippen LogP contribution in [0.2, 0.25) is 0 Å². The van der Waals surface area contributed by atoms with Crippen molar-refractivity contribution in [2.45, 2.75) is 107 Å². The molecule has 6 heteroatoms. The Kier molecular flexibility index (Phi) is 22.1. The molecule has 5 nitrogen and oxygen atoms in total. The number of carbonyl (C=O) groups excluding carboxylic acids is 1. The predicted octanol–water partition coefficient (Wildman–Crippen LogP) is 10.9. The highest BCUT2D eigenvalue weighted by Gasteiger charge is 2.16. The number of allylic oxidation sites excluding steroid dienone is 7. The van der Waals surface area contributed by atoms with Gasteiger partial charge in [-0.25, -0.2) is 4.98 Å². The van der Waals surface area contributed by atoms with Gasteiger partial charge in [0.2, 0.25) is 0 Å². The number of pyridine rings is 1. The lowest BCUT2D eigenvalue weighted by atomic mass is 9.91. The third kappa shape index (κ3) is 14.9. The van der Waals surface area contributed by atoms with Crippen LogP contribution in [0.4, 0.5) is 0 Å². The molecule has 0 bridgehead atoms. The number of hydrogen-bond donors (Lipinski definition) is 1. The van der Waals surface area contributed by atoms with Crippen LogP contribution in [-0.2, 0) is 4.74 Å². The fourth-order valence-electron chi connectivity index (χ4n) is 4.71. The molecule has 2 unspecified atom stereocenters. The van der Waals surface area contributed by atoms with E-state index in [0.717, 1.165) is 48.1 Å². The van der Waals surface area contributed by atoms with Gasteiger partial charge in [0.1, 0.15) is 5.01 Å². The van der Waals surface area contributed by atoms with E-state index in [1.807, 2.05) is 24.5 Å². The van der Waals surface area contributed by atoms with Gasteiger partial charge in [0.25, 0.3) is 5.56 Å². The number of ketones is 1. The first-order chi connectivity index (χ1) is 20.6. The zero-order chi connectivity index (χ0) is 32.8. The van der Waals surface area contributed by atoms with Crippen LogP contribution in [0.5, 0.6) is 0 Å².